The van der Waals surface area contributed by atoms with Crippen LogP contribution in [0, 0.1) is 5.41 Å². The second-order valence-corrected chi connectivity index (χ2v) is 7.71. The first kappa shape index (κ1) is 18.4. The molecule has 0 radical (unpaired) electrons. The Bertz CT molecular complexity index is 330. The molecule has 1 aliphatic rings. The Kier molecular flexibility index (Phi) is 6.63. The molecule has 1 aliphatic heterocycles. The van der Waals surface area contributed by atoms with E-state index in [0.717, 1.165) is 39.0 Å². The Morgan fingerprint density at radius 2 is 1.76 bits per heavy atom. The second kappa shape index (κ2) is 7.56. The number of nitrogens with two attached hydrogens (primary N) is 1. The van der Waals surface area contributed by atoms with E-state index in [4.69, 9.17) is 5.73 Å². The molecule has 0 aromatic rings. The third kappa shape index (κ3) is 5.57. The largest absolute Gasteiger partial charge is 0.337 e. The van der Waals surface area contributed by atoms with Crippen LogP contribution in [0.15, 0.2) is 0 Å². The molecule has 5 nitrogen and oxygen atoms in total. The van der Waals surface area contributed by atoms with Crippen LogP contribution in [0.2, 0.25) is 0 Å². The van der Waals surface area contributed by atoms with E-state index in [1.54, 1.807) is 0 Å². The minimum atomic E-state index is -0.431. The molecule has 0 spiro atoms. The van der Waals surface area contributed by atoms with Crippen LogP contribution in [0.5, 0.6) is 0 Å². The van der Waals surface area contributed by atoms with Crippen LogP contribution >= 0.6 is 0 Å². The maximum atomic E-state index is 12.9. The highest BCUT2D eigenvalue weighted by Crippen LogP contribution is 2.22. The van der Waals surface area contributed by atoms with E-state index in [1.165, 1.54) is 0 Å². The van der Waals surface area contributed by atoms with Crippen LogP contribution < -0.4 is 5.73 Å². The molecule has 1 rings (SSSR count). The lowest BCUT2D eigenvalue weighted by molar-refractivity contribution is -0.138. The first-order valence-electron chi connectivity index (χ1n) is 8.02. The maximum absolute atomic E-state index is 12.9. The van der Waals surface area contributed by atoms with Crippen LogP contribution in [0.3, 0.4) is 0 Å². The van der Waals surface area contributed by atoms with Gasteiger partial charge >= 0.3 is 0 Å². The molecule has 124 valence electrons. The van der Waals surface area contributed by atoms with E-state index in [-0.39, 0.29) is 11.3 Å². The van der Waals surface area contributed by atoms with Gasteiger partial charge in [0.25, 0.3) is 0 Å². The van der Waals surface area contributed by atoms with Crippen molar-refractivity contribution in [1.82, 2.24) is 14.7 Å². The van der Waals surface area contributed by atoms with Gasteiger partial charge in [-0.15, -0.1) is 0 Å². The average molecular weight is 298 g/mol. The van der Waals surface area contributed by atoms with Gasteiger partial charge in [-0.1, -0.05) is 20.8 Å². The normalized spacial score (nSPS) is 19.8. The summed E-state index contributed by atoms with van der Waals surface area (Å²) in [5, 5.41) is 0. The molecule has 1 heterocycles. The van der Waals surface area contributed by atoms with Crippen molar-refractivity contribution in [1.29, 1.82) is 0 Å². The molecule has 1 atom stereocenters. The predicted octanol–water partition coefficient (Wildman–Crippen LogP) is 0.844. The van der Waals surface area contributed by atoms with Gasteiger partial charge in [0, 0.05) is 19.1 Å². The quantitative estimate of drug-likeness (QED) is 0.817. The minimum Gasteiger partial charge on any atom is -0.337 e. The SMILES string of the molecule is CN(C)CCN(C(=O)[C@@H](N)C(C)(C)C)C1CCN(C)CC1. The van der Waals surface area contributed by atoms with Crippen molar-refractivity contribution < 1.29 is 4.79 Å². The topological polar surface area (TPSA) is 52.8 Å². The van der Waals surface area contributed by atoms with E-state index in [0.29, 0.717) is 6.04 Å². The molecule has 0 aromatic carbocycles. The van der Waals surface area contributed by atoms with Gasteiger partial charge in [-0.25, -0.2) is 0 Å². The number of piperidine rings is 1. The summed E-state index contributed by atoms with van der Waals surface area (Å²) in [5.41, 5.74) is 6.02. The summed E-state index contributed by atoms with van der Waals surface area (Å²) in [6, 6.07) is -0.0960. The third-order valence-corrected chi connectivity index (χ3v) is 4.40. The molecule has 0 aliphatic carbocycles. The number of likely N-dealkylation sites (tertiary alicyclic amines) is 1. The number of carbonyl (C=O) groups is 1. The van der Waals surface area contributed by atoms with Crippen molar-refractivity contribution in [3.8, 4) is 0 Å². The van der Waals surface area contributed by atoms with Crippen LogP contribution in [-0.2, 0) is 4.79 Å². The Balaban J connectivity index is 2.78. The van der Waals surface area contributed by atoms with Crippen LogP contribution in [0.4, 0.5) is 0 Å². The Hall–Kier alpha value is -0.650. The highest BCUT2D eigenvalue weighted by molar-refractivity contribution is 5.82. The molecular weight excluding hydrogens is 264 g/mol. The van der Waals surface area contributed by atoms with Gasteiger partial charge < -0.3 is 20.4 Å². The molecular formula is C16H34N4O. The molecule has 0 bridgehead atoms. The first-order chi connectivity index (χ1) is 9.62. The summed E-state index contributed by atoms with van der Waals surface area (Å²) in [4.78, 5) is 19.3. The lowest BCUT2D eigenvalue weighted by atomic mass is 9.86. The monoisotopic (exact) mass is 298 g/mol. The fraction of sp³-hybridized carbons (Fsp3) is 0.938. The molecule has 0 aromatic heterocycles. The maximum Gasteiger partial charge on any atom is 0.240 e. The van der Waals surface area contributed by atoms with E-state index < -0.39 is 6.04 Å². The van der Waals surface area contributed by atoms with Crippen molar-refractivity contribution in [2.45, 2.75) is 45.7 Å². The Morgan fingerprint density at radius 3 is 2.19 bits per heavy atom. The summed E-state index contributed by atoms with van der Waals surface area (Å²) in [6.07, 6.45) is 2.10. The molecule has 1 amide bonds. The number of hydrogen-bond acceptors (Lipinski definition) is 4. The standard InChI is InChI=1S/C16H34N4O/c1-16(2,3)14(17)15(21)20(12-11-18(4)5)13-7-9-19(6)10-8-13/h13-14H,7-12,17H2,1-6H3/t14-/m1/s1. The number of hydrogen-bond donors (Lipinski definition) is 1. The predicted molar refractivity (Wildman–Crippen MR) is 88.2 cm³/mol. The van der Waals surface area contributed by atoms with Gasteiger partial charge in [0.05, 0.1) is 6.04 Å². The molecule has 21 heavy (non-hydrogen) atoms. The van der Waals surface area contributed by atoms with Gasteiger partial charge in [0.15, 0.2) is 0 Å². The smallest absolute Gasteiger partial charge is 0.240 e. The Morgan fingerprint density at radius 1 is 1.24 bits per heavy atom. The Labute approximate surface area is 130 Å². The van der Waals surface area contributed by atoms with E-state index in [9.17, 15) is 4.79 Å². The number of carbonyl (C=O) groups excluding carboxylic acids is 1. The van der Waals surface area contributed by atoms with E-state index in [2.05, 4.69) is 16.8 Å². The van der Waals surface area contributed by atoms with Gasteiger partial charge in [0.2, 0.25) is 5.91 Å². The van der Waals surface area contributed by atoms with Gasteiger partial charge in [-0.2, -0.15) is 0 Å². The molecule has 1 saturated heterocycles. The fourth-order valence-electron chi connectivity index (χ4n) is 2.64. The van der Waals surface area contributed by atoms with Gasteiger partial charge in [-0.3, -0.25) is 4.79 Å². The number of likely N-dealkylation sites (N-methyl/N-ethyl adjacent to an activating group) is 1. The zero-order valence-corrected chi connectivity index (χ0v) is 14.7. The first-order valence-corrected chi connectivity index (χ1v) is 8.02. The molecule has 5 heteroatoms. The fourth-order valence-corrected chi connectivity index (χ4v) is 2.64. The summed E-state index contributed by atoms with van der Waals surface area (Å²) >= 11 is 0. The van der Waals surface area contributed by atoms with Gasteiger partial charge in [-0.05, 0) is 52.5 Å². The van der Waals surface area contributed by atoms with Crippen LogP contribution in [0.1, 0.15) is 33.6 Å². The van der Waals surface area contributed by atoms with Crippen molar-refractivity contribution in [3.05, 3.63) is 0 Å². The highest BCUT2D eigenvalue weighted by atomic mass is 16.2. The van der Waals surface area contributed by atoms with Crippen LogP contribution in [-0.4, -0.2) is 80.0 Å². The summed E-state index contributed by atoms with van der Waals surface area (Å²) in [6.45, 7) is 9.87. The number of nitrogens with zero attached hydrogens (tertiary/aromatic N) is 3. The van der Waals surface area contributed by atoms with E-state index in [1.807, 2.05) is 39.8 Å². The molecule has 1 fully saturated rings. The van der Waals surface area contributed by atoms with Crippen molar-refractivity contribution in [2.75, 3.05) is 47.3 Å². The minimum absolute atomic E-state index is 0.110. The highest BCUT2D eigenvalue weighted by Gasteiger charge is 2.34. The number of rotatable bonds is 5. The van der Waals surface area contributed by atoms with Crippen molar-refractivity contribution in [2.24, 2.45) is 11.1 Å². The molecule has 0 unspecified atom stereocenters. The summed E-state index contributed by atoms with van der Waals surface area (Å²) in [7, 11) is 6.23. The van der Waals surface area contributed by atoms with Crippen LogP contribution in [0.25, 0.3) is 0 Å². The summed E-state index contributed by atoms with van der Waals surface area (Å²) < 4.78 is 0. The molecule has 0 saturated carbocycles. The third-order valence-electron chi connectivity index (χ3n) is 4.40. The zero-order valence-electron chi connectivity index (χ0n) is 14.7. The van der Waals surface area contributed by atoms with Gasteiger partial charge in [0.1, 0.15) is 0 Å². The lowest BCUT2D eigenvalue weighted by Gasteiger charge is -2.40. The zero-order chi connectivity index (χ0) is 16.2. The lowest BCUT2D eigenvalue weighted by Crippen LogP contribution is -2.56. The summed E-state index contributed by atoms with van der Waals surface area (Å²) in [5.74, 6) is 0.110. The molecule has 2 N–H and O–H groups in total. The van der Waals surface area contributed by atoms with E-state index >= 15 is 0 Å². The number of amides is 1. The average Bonchev–Trinajstić information content (AvgIpc) is 2.38. The van der Waals surface area contributed by atoms with Crippen molar-refractivity contribution >= 4 is 5.91 Å². The second-order valence-electron chi connectivity index (χ2n) is 7.71. The van der Waals surface area contributed by atoms with Crippen molar-refractivity contribution in [3.63, 3.8) is 0 Å².